The Labute approximate surface area is 182 Å². The minimum atomic E-state index is 0. The van der Waals surface area contributed by atoms with Crippen LogP contribution in [0.3, 0.4) is 0 Å². The number of aliphatic imine (C=N–C) groups is 1. The van der Waals surface area contributed by atoms with Gasteiger partial charge in [-0.05, 0) is 50.0 Å². The summed E-state index contributed by atoms with van der Waals surface area (Å²) in [4.78, 5) is 7.59. The van der Waals surface area contributed by atoms with E-state index in [0.29, 0.717) is 6.04 Å². The van der Waals surface area contributed by atoms with E-state index >= 15 is 0 Å². The standard InChI is InChI=1S/C22H36N4.HI/c1-4-23-21(25-19-12-14-26(15-13-19)20-10-11-20)24-17-22(2,3)16-18-8-6-5-7-9-18;/h5-9,19-20H,4,10-17H2,1-3H3,(H2,23,24,25);1H. The third kappa shape index (κ3) is 7.60. The average molecular weight is 484 g/mol. The second kappa shape index (κ2) is 10.6. The predicted octanol–water partition coefficient (Wildman–Crippen LogP) is 4.06. The van der Waals surface area contributed by atoms with Crippen molar-refractivity contribution in [2.75, 3.05) is 26.2 Å². The van der Waals surface area contributed by atoms with Crippen molar-refractivity contribution in [2.45, 2.75) is 65.0 Å². The van der Waals surface area contributed by atoms with E-state index in [1.54, 1.807) is 0 Å². The molecule has 0 radical (unpaired) electrons. The van der Waals surface area contributed by atoms with Crippen LogP contribution in [0.15, 0.2) is 35.3 Å². The summed E-state index contributed by atoms with van der Waals surface area (Å²) in [6.45, 7) is 11.0. The molecule has 0 amide bonds. The Bertz CT molecular complexity index is 575. The SMILES string of the molecule is CCNC(=NCC(C)(C)Cc1ccccc1)NC1CCN(C2CC2)CC1.I. The molecule has 3 rings (SSSR count). The van der Waals surface area contributed by atoms with Gasteiger partial charge in [0.05, 0.1) is 0 Å². The number of piperidine rings is 1. The van der Waals surface area contributed by atoms with E-state index in [9.17, 15) is 0 Å². The number of rotatable bonds is 7. The average Bonchev–Trinajstić information content (AvgIpc) is 3.46. The topological polar surface area (TPSA) is 39.7 Å². The minimum Gasteiger partial charge on any atom is -0.357 e. The third-order valence-corrected chi connectivity index (χ3v) is 5.47. The molecule has 1 saturated heterocycles. The van der Waals surface area contributed by atoms with E-state index in [1.807, 2.05) is 0 Å². The molecule has 0 unspecified atom stereocenters. The van der Waals surface area contributed by atoms with Gasteiger partial charge in [-0.1, -0.05) is 44.2 Å². The van der Waals surface area contributed by atoms with E-state index in [1.165, 1.54) is 44.3 Å². The van der Waals surface area contributed by atoms with E-state index in [4.69, 9.17) is 4.99 Å². The highest BCUT2D eigenvalue weighted by Crippen LogP contribution is 2.29. The van der Waals surface area contributed by atoms with Crippen LogP contribution in [-0.2, 0) is 6.42 Å². The summed E-state index contributed by atoms with van der Waals surface area (Å²) in [7, 11) is 0. The Hall–Kier alpha value is -0.820. The summed E-state index contributed by atoms with van der Waals surface area (Å²) < 4.78 is 0. The van der Waals surface area contributed by atoms with Gasteiger partial charge in [0.2, 0.25) is 0 Å². The van der Waals surface area contributed by atoms with Crippen LogP contribution < -0.4 is 10.6 Å². The first-order valence-corrected chi connectivity index (χ1v) is 10.4. The fourth-order valence-corrected chi connectivity index (χ4v) is 3.86. The molecule has 27 heavy (non-hydrogen) atoms. The summed E-state index contributed by atoms with van der Waals surface area (Å²) in [5.74, 6) is 0.985. The number of guanidine groups is 1. The molecule has 5 heteroatoms. The van der Waals surface area contributed by atoms with E-state index < -0.39 is 0 Å². The van der Waals surface area contributed by atoms with Crippen LogP contribution in [0.4, 0.5) is 0 Å². The summed E-state index contributed by atoms with van der Waals surface area (Å²) in [5, 5.41) is 7.12. The molecule has 1 aliphatic heterocycles. The van der Waals surface area contributed by atoms with Crippen LogP contribution >= 0.6 is 24.0 Å². The van der Waals surface area contributed by atoms with Gasteiger partial charge in [-0.15, -0.1) is 24.0 Å². The number of benzene rings is 1. The molecule has 1 aromatic rings. The van der Waals surface area contributed by atoms with Crippen LogP contribution in [-0.4, -0.2) is 49.1 Å². The Morgan fingerprint density at radius 1 is 1.11 bits per heavy atom. The lowest BCUT2D eigenvalue weighted by Crippen LogP contribution is -2.49. The molecule has 0 aromatic heterocycles. The number of hydrogen-bond acceptors (Lipinski definition) is 2. The molecule has 2 N–H and O–H groups in total. The van der Waals surface area contributed by atoms with E-state index in [-0.39, 0.29) is 29.4 Å². The Balaban J connectivity index is 0.00000261. The lowest BCUT2D eigenvalue weighted by atomic mass is 9.86. The fraction of sp³-hybridized carbons (Fsp3) is 0.682. The number of hydrogen-bond donors (Lipinski definition) is 2. The first-order chi connectivity index (χ1) is 12.6. The first kappa shape index (κ1) is 22.5. The molecule has 4 nitrogen and oxygen atoms in total. The van der Waals surface area contributed by atoms with Gasteiger partial charge < -0.3 is 15.5 Å². The van der Waals surface area contributed by atoms with Crippen LogP contribution in [0.5, 0.6) is 0 Å². The normalized spacial score (nSPS) is 19.4. The number of halogens is 1. The molecule has 1 heterocycles. The van der Waals surface area contributed by atoms with Crippen molar-refractivity contribution in [1.29, 1.82) is 0 Å². The van der Waals surface area contributed by atoms with Gasteiger partial charge in [0.1, 0.15) is 0 Å². The van der Waals surface area contributed by atoms with Gasteiger partial charge in [0, 0.05) is 38.3 Å². The summed E-state index contributed by atoms with van der Waals surface area (Å²) in [5.41, 5.74) is 1.54. The minimum absolute atomic E-state index is 0. The molecular weight excluding hydrogens is 447 g/mol. The molecule has 1 aliphatic carbocycles. The summed E-state index contributed by atoms with van der Waals surface area (Å²) in [6, 6.07) is 12.2. The highest BCUT2D eigenvalue weighted by molar-refractivity contribution is 14.0. The van der Waals surface area contributed by atoms with Gasteiger partial charge in [-0.2, -0.15) is 0 Å². The Morgan fingerprint density at radius 2 is 1.78 bits per heavy atom. The van der Waals surface area contributed by atoms with Crippen molar-refractivity contribution in [3.63, 3.8) is 0 Å². The van der Waals surface area contributed by atoms with Crippen molar-refractivity contribution in [1.82, 2.24) is 15.5 Å². The van der Waals surface area contributed by atoms with E-state index in [2.05, 4.69) is 66.6 Å². The predicted molar refractivity (Wildman–Crippen MR) is 126 cm³/mol. The monoisotopic (exact) mass is 484 g/mol. The maximum absolute atomic E-state index is 4.92. The molecule has 152 valence electrons. The molecule has 2 aliphatic rings. The third-order valence-electron chi connectivity index (χ3n) is 5.47. The van der Waals surface area contributed by atoms with Crippen molar-refractivity contribution in [3.8, 4) is 0 Å². The van der Waals surface area contributed by atoms with Crippen molar-refractivity contribution >= 4 is 29.9 Å². The fourth-order valence-electron chi connectivity index (χ4n) is 3.86. The first-order valence-electron chi connectivity index (χ1n) is 10.4. The molecule has 2 fully saturated rings. The summed E-state index contributed by atoms with van der Waals surface area (Å²) >= 11 is 0. The molecular formula is C22H37IN4. The van der Waals surface area contributed by atoms with Crippen LogP contribution in [0.25, 0.3) is 0 Å². The second-order valence-corrected chi connectivity index (χ2v) is 8.71. The molecule has 0 atom stereocenters. The zero-order chi connectivity index (χ0) is 18.4. The number of likely N-dealkylation sites (tertiary alicyclic amines) is 1. The van der Waals surface area contributed by atoms with Crippen LogP contribution in [0.2, 0.25) is 0 Å². The highest BCUT2D eigenvalue weighted by atomic mass is 127. The van der Waals surface area contributed by atoms with Crippen molar-refractivity contribution < 1.29 is 0 Å². The molecule has 0 bridgehead atoms. The van der Waals surface area contributed by atoms with Gasteiger partial charge >= 0.3 is 0 Å². The van der Waals surface area contributed by atoms with Crippen LogP contribution in [0.1, 0.15) is 52.0 Å². The largest absolute Gasteiger partial charge is 0.357 e. The molecule has 1 aromatic carbocycles. The molecule has 0 spiro atoms. The maximum Gasteiger partial charge on any atom is 0.191 e. The van der Waals surface area contributed by atoms with Gasteiger partial charge in [-0.25, -0.2) is 0 Å². The van der Waals surface area contributed by atoms with Gasteiger partial charge in [-0.3, -0.25) is 4.99 Å². The van der Waals surface area contributed by atoms with Gasteiger partial charge in [0.15, 0.2) is 5.96 Å². The smallest absolute Gasteiger partial charge is 0.191 e. The lowest BCUT2D eigenvalue weighted by molar-refractivity contribution is 0.197. The van der Waals surface area contributed by atoms with Gasteiger partial charge in [0.25, 0.3) is 0 Å². The number of nitrogens with zero attached hydrogens (tertiary/aromatic N) is 2. The lowest BCUT2D eigenvalue weighted by Gasteiger charge is -2.33. The van der Waals surface area contributed by atoms with Crippen molar-refractivity contribution in [2.24, 2.45) is 10.4 Å². The highest BCUT2D eigenvalue weighted by Gasteiger charge is 2.32. The van der Waals surface area contributed by atoms with Crippen LogP contribution in [0, 0.1) is 5.41 Å². The number of nitrogens with one attached hydrogen (secondary N) is 2. The zero-order valence-corrected chi connectivity index (χ0v) is 19.5. The molecule has 1 saturated carbocycles. The summed E-state index contributed by atoms with van der Waals surface area (Å²) in [6.07, 6.45) is 6.34. The van der Waals surface area contributed by atoms with E-state index in [0.717, 1.165) is 31.5 Å². The zero-order valence-electron chi connectivity index (χ0n) is 17.2. The quantitative estimate of drug-likeness (QED) is 0.349. The Kier molecular flexibility index (Phi) is 8.86. The maximum atomic E-state index is 4.92. The van der Waals surface area contributed by atoms with Crippen molar-refractivity contribution in [3.05, 3.63) is 35.9 Å². The Morgan fingerprint density at radius 3 is 2.37 bits per heavy atom. The second-order valence-electron chi connectivity index (χ2n) is 8.71.